The van der Waals surface area contributed by atoms with Gasteiger partial charge in [-0.05, 0) is 61.7 Å². The van der Waals surface area contributed by atoms with Gasteiger partial charge in [-0.15, -0.1) is 0 Å². The summed E-state index contributed by atoms with van der Waals surface area (Å²) in [4.78, 5) is 8.97. The molecule has 0 spiro atoms. The molecule has 1 radical (unpaired) electrons. The van der Waals surface area contributed by atoms with Gasteiger partial charge in [-0.25, -0.2) is 4.98 Å². The first kappa shape index (κ1) is 14.7. The molecule has 4 aliphatic carbocycles. The zero-order valence-electron chi connectivity index (χ0n) is 14.3. The molecule has 4 aliphatic rings. The fourth-order valence-corrected chi connectivity index (χ4v) is 6.03. The third-order valence-corrected chi connectivity index (χ3v) is 6.43. The van der Waals surface area contributed by atoms with Crippen LogP contribution in [0.5, 0.6) is 0 Å². The van der Waals surface area contributed by atoms with Gasteiger partial charge in [-0.1, -0.05) is 5.16 Å². The van der Waals surface area contributed by atoms with E-state index in [1.54, 1.807) is 0 Å². The normalized spacial score (nSPS) is 34.1. The number of hydrogen-bond acceptors (Lipinski definition) is 4. The summed E-state index contributed by atoms with van der Waals surface area (Å²) in [7, 11) is 1.98. The first-order valence-electron chi connectivity index (χ1n) is 9.28. The maximum Gasteiger partial charge on any atom is 0.230 e. The maximum atomic E-state index is 5.46. The highest BCUT2D eigenvalue weighted by molar-refractivity contribution is 5.09. The van der Waals surface area contributed by atoms with E-state index in [-0.39, 0.29) is 0 Å². The van der Waals surface area contributed by atoms with Crippen LogP contribution < -0.4 is 0 Å². The lowest BCUT2D eigenvalue weighted by Gasteiger charge is -2.56. The van der Waals surface area contributed by atoms with Crippen molar-refractivity contribution < 1.29 is 4.52 Å². The zero-order chi connectivity index (χ0) is 16.1. The van der Waals surface area contributed by atoms with Crippen molar-refractivity contribution in [3.8, 4) is 0 Å². The lowest BCUT2D eigenvalue weighted by atomic mass is 9.49. The van der Waals surface area contributed by atoms with Crippen LogP contribution in [0.1, 0.15) is 55.9 Å². The van der Waals surface area contributed by atoms with Crippen molar-refractivity contribution in [3.05, 3.63) is 36.4 Å². The summed E-state index contributed by atoms with van der Waals surface area (Å²) >= 11 is 0. The van der Waals surface area contributed by atoms with Crippen LogP contribution in [0.25, 0.3) is 0 Å². The number of aromatic nitrogens is 4. The van der Waals surface area contributed by atoms with Gasteiger partial charge < -0.3 is 9.09 Å². The van der Waals surface area contributed by atoms with Crippen LogP contribution in [0.2, 0.25) is 0 Å². The van der Waals surface area contributed by atoms with Gasteiger partial charge in [0.25, 0.3) is 0 Å². The molecule has 127 valence electrons. The van der Waals surface area contributed by atoms with Crippen molar-refractivity contribution in [1.82, 2.24) is 19.7 Å². The van der Waals surface area contributed by atoms with Crippen LogP contribution in [-0.4, -0.2) is 19.7 Å². The van der Waals surface area contributed by atoms with E-state index < -0.39 is 0 Å². The highest BCUT2D eigenvalue weighted by atomic mass is 16.5. The Kier molecular flexibility index (Phi) is 3.32. The highest BCUT2D eigenvalue weighted by Gasteiger charge is 2.51. The lowest BCUT2D eigenvalue weighted by molar-refractivity contribution is -0.0533. The zero-order valence-corrected chi connectivity index (χ0v) is 14.3. The molecule has 4 fully saturated rings. The Bertz CT molecular complexity index is 696. The van der Waals surface area contributed by atoms with Crippen molar-refractivity contribution in [3.63, 3.8) is 0 Å². The average molecular weight is 325 g/mol. The second-order valence-electron chi connectivity index (χ2n) is 8.58. The minimum atomic E-state index is 0.469. The number of hydrogen-bond donors (Lipinski definition) is 0. The smallest absolute Gasteiger partial charge is 0.230 e. The van der Waals surface area contributed by atoms with E-state index >= 15 is 0 Å². The summed E-state index contributed by atoms with van der Waals surface area (Å²) < 4.78 is 7.41. The highest BCUT2D eigenvalue weighted by Crippen LogP contribution is 2.60. The summed E-state index contributed by atoms with van der Waals surface area (Å²) in [6.45, 7) is 0. The van der Waals surface area contributed by atoms with Gasteiger partial charge in [0.05, 0.1) is 18.4 Å². The molecule has 0 aliphatic heterocycles. The second kappa shape index (κ2) is 5.43. The fraction of sp³-hybridized carbons (Fsp3) is 0.684. The molecule has 4 saturated carbocycles. The Morgan fingerprint density at radius 3 is 2.54 bits per heavy atom. The number of rotatable bonds is 5. The molecular weight excluding hydrogens is 300 g/mol. The molecule has 0 saturated heterocycles. The summed E-state index contributed by atoms with van der Waals surface area (Å²) in [5.41, 5.74) is 1.50. The quantitative estimate of drug-likeness (QED) is 0.846. The predicted molar refractivity (Wildman–Crippen MR) is 88.9 cm³/mol. The van der Waals surface area contributed by atoms with Gasteiger partial charge in [0.15, 0.2) is 5.82 Å². The molecule has 2 heterocycles. The molecule has 0 amide bonds. The van der Waals surface area contributed by atoms with Crippen molar-refractivity contribution in [1.29, 1.82) is 0 Å². The van der Waals surface area contributed by atoms with Crippen LogP contribution in [0.3, 0.4) is 0 Å². The van der Waals surface area contributed by atoms with E-state index in [4.69, 9.17) is 4.52 Å². The van der Waals surface area contributed by atoms with E-state index in [0.717, 1.165) is 42.1 Å². The van der Waals surface area contributed by atoms with Gasteiger partial charge in [-0.3, -0.25) is 0 Å². The Labute approximate surface area is 142 Å². The summed E-state index contributed by atoms with van der Waals surface area (Å²) in [5.74, 6) is 4.46. The van der Waals surface area contributed by atoms with E-state index in [9.17, 15) is 0 Å². The molecule has 5 heteroatoms. The fourth-order valence-electron chi connectivity index (χ4n) is 6.03. The predicted octanol–water partition coefficient (Wildman–Crippen LogP) is 3.36. The number of imidazole rings is 1. The standard InChI is InChI=1S/C19H25N4O/c1-23-11-16(20-12-23)2-3-18-21-17(22-24-18)10-19-7-13-4-14(8-19)6-15(5-13)9-19/h3,11-15H,2,4-10H2,1H3. The molecule has 2 aromatic heterocycles. The van der Waals surface area contributed by atoms with Gasteiger partial charge in [-0.2, -0.15) is 4.98 Å². The van der Waals surface area contributed by atoms with E-state index in [1.165, 1.54) is 38.5 Å². The minimum Gasteiger partial charge on any atom is -0.340 e. The lowest BCUT2D eigenvalue weighted by Crippen LogP contribution is -2.47. The third-order valence-electron chi connectivity index (χ3n) is 6.43. The van der Waals surface area contributed by atoms with Crippen molar-refractivity contribution in [2.75, 3.05) is 0 Å². The van der Waals surface area contributed by atoms with E-state index in [1.807, 2.05) is 30.6 Å². The third kappa shape index (κ3) is 2.68. The molecule has 6 rings (SSSR count). The molecule has 24 heavy (non-hydrogen) atoms. The molecule has 0 unspecified atom stereocenters. The second-order valence-corrected chi connectivity index (χ2v) is 8.58. The Balaban J connectivity index is 1.25. The Hall–Kier alpha value is -1.65. The number of aryl methyl sites for hydroxylation is 1. The van der Waals surface area contributed by atoms with Crippen LogP contribution in [0.15, 0.2) is 17.0 Å². The van der Waals surface area contributed by atoms with E-state index in [0.29, 0.717) is 11.3 Å². The summed E-state index contributed by atoms with van der Waals surface area (Å²) in [6, 6.07) is 0. The van der Waals surface area contributed by atoms with Crippen LogP contribution in [0.4, 0.5) is 0 Å². The maximum absolute atomic E-state index is 5.46. The van der Waals surface area contributed by atoms with Gasteiger partial charge in [0.2, 0.25) is 5.89 Å². The molecule has 5 nitrogen and oxygen atoms in total. The van der Waals surface area contributed by atoms with Gasteiger partial charge in [0, 0.05) is 26.1 Å². The van der Waals surface area contributed by atoms with Crippen molar-refractivity contribution in [2.24, 2.45) is 30.2 Å². The van der Waals surface area contributed by atoms with Crippen LogP contribution in [0, 0.1) is 29.6 Å². The van der Waals surface area contributed by atoms with Crippen LogP contribution >= 0.6 is 0 Å². The van der Waals surface area contributed by atoms with Gasteiger partial charge >= 0.3 is 0 Å². The SMILES string of the molecule is Cn1cnc(C[CH]c2nc(CC34CC5CC(CC(C5)C3)C4)no2)c1. The molecule has 4 bridgehead atoms. The topological polar surface area (TPSA) is 56.7 Å². The molecule has 0 atom stereocenters. The summed E-state index contributed by atoms with van der Waals surface area (Å²) in [6.07, 6.45) is 16.2. The minimum absolute atomic E-state index is 0.469. The molecule has 0 aromatic carbocycles. The monoisotopic (exact) mass is 325 g/mol. The first-order valence-corrected chi connectivity index (χ1v) is 9.28. The molecule has 2 aromatic rings. The molecular formula is C19H25N4O. The molecule has 0 N–H and O–H groups in total. The number of nitrogens with zero attached hydrogens (tertiary/aromatic N) is 4. The van der Waals surface area contributed by atoms with Crippen molar-refractivity contribution >= 4 is 0 Å². The Morgan fingerprint density at radius 2 is 1.92 bits per heavy atom. The largest absolute Gasteiger partial charge is 0.340 e. The summed E-state index contributed by atoms with van der Waals surface area (Å²) in [5, 5.41) is 4.27. The first-order chi connectivity index (χ1) is 11.7. The van der Waals surface area contributed by atoms with Gasteiger partial charge in [0.1, 0.15) is 0 Å². The average Bonchev–Trinajstić information content (AvgIpc) is 3.12. The van der Waals surface area contributed by atoms with E-state index in [2.05, 4.69) is 15.1 Å². The Morgan fingerprint density at radius 1 is 1.21 bits per heavy atom. The van der Waals surface area contributed by atoms with Crippen LogP contribution in [-0.2, 0) is 19.9 Å². The van der Waals surface area contributed by atoms with Crippen molar-refractivity contribution in [2.45, 2.75) is 51.4 Å².